The van der Waals surface area contributed by atoms with Gasteiger partial charge in [-0.25, -0.2) is 4.79 Å². The van der Waals surface area contributed by atoms with E-state index in [2.05, 4.69) is 29.6 Å². The van der Waals surface area contributed by atoms with Gasteiger partial charge in [0.15, 0.2) is 0 Å². The quantitative estimate of drug-likeness (QED) is 0.576. The summed E-state index contributed by atoms with van der Waals surface area (Å²) in [4.78, 5) is 38.8. The van der Waals surface area contributed by atoms with Gasteiger partial charge in [-0.3, -0.25) is 9.59 Å². The number of carbonyl (C=O) groups excluding carboxylic acids is 2. The highest BCUT2D eigenvalue weighted by Gasteiger charge is 2.33. The lowest BCUT2D eigenvalue weighted by molar-refractivity contribution is -0.139. The number of amides is 2. The number of rotatable bonds is 8. The highest BCUT2D eigenvalue weighted by atomic mass is 16.5. The van der Waals surface area contributed by atoms with Crippen LogP contribution in [0.2, 0.25) is 0 Å². The van der Waals surface area contributed by atoms with E-state index in [-0.39, 0.29) is 36.7 Å². The van der Waals surface area contributed by atoms with Gasteiger partial charge in [0, 0.05) is 25.4 Å². The van der Waals surface area contributed by atoms with Crippen LogP contribution in [0.4, 0.5) is 4.79 Å². The van der Waals surface area contributed by atoms with Crippen LogP contribution >= 0.6 is 0 Å². The average Bonchev–Trinajstić information content (AvgIpc) is 3.19. The first kappa shape index (κ1) is 24.8. The Morgan fingerprint density at radius 2 is 1.71 bits per heavy atom. The molecule has 0 saturated carbocycles. The van der Waals surface area contributed by atoms with Gasteiger partial charge in [-0.05, 0) is 53.4 Å². The zero-order valence-electron chi connectivity index (χ0n) is 20.4. The minimum atomic E-state index is -0.815. The molecule has 0 radical (unpaired) electrons. The zero-order chi connectivity index (χ0) is 24.9. The van der Waals surface area contributed by atoms with Crippen LogP contribution in [0.15, 0.2) is 48.5 Å². The molecule has 0 spiro atoms. The van der Waals surface area contributed by atoms with Gasteiger partial charge >= 0.3 is 12.1 Å². The van der Waals surface area contributed by atoms with Crippen molar-refractivity contribution in [3.05, 3.63) is 59.7 Å². The Morgan fingerprint density at radius 3 is 2.31 bits per heavy atom. The summed E-state index contributed by atoms with van der Waals surface area (Å²) in [6.07, 6.45) is 1.70. The number of hydrogen-bond acceptors (Lipinski definition) is 4. The summed E-state index contributed by atoms with van der Waals surface area (Å²) >= 11 is 0. The number of nitrogens with one attached hydrogen (secondary N) is 1. The van der Waals surface area contributed by atoms with Gasteiger partial charge in [0.2, 0.25) is 5.91 Å². The molecule has 2 unspecified atom stereocenters. The molecular formula is C28H34N2O5. The lowest BCUT2D eigenvalue weighted by atomic mass is 9.84. The number of aliphatic carboxylic acids is 1. The minimum Gasteiger partial charge on any atom is -0.481 e. The van der Waals surface area contributed by atoms with E-state index >= 15 is 0 Å². The molecule has 1 aliphatic carbocycles. The molecule has 0 aromatic heterocycles. The van der Waals surface area contributed by atoms with Gasteiger partial charge in [0.05, 0.1) is 0 Å². The van der Waals surface area contributed by atoms with Crippen molar-refractivity contribution in [3.63, 3.8) is 0 Å². The summed E-state index contributed by atoms with van der Waals surface area (Å²) < 4.78 is 5.63. The number of benzene rings is 2. The summed E-state index contributed by atoms with van der Waals surface area (Å²) in [6.45, 7) is 5.14. The fourth-order valence-corrected chi connectivity index (χ4v) is 5.46. The molecule has 1 saturated heterocycles. The standard InChI is InChI=1S/C28H34N2O5/c1-3-25(27(33)30-14-8-9-19(16-30)18(2)15-26(31)32)29-28(34)35-17-24-22-12-6-4-10-20(22)21-11-5-7-13-23(21)24/h4-7,10-13,18-19,24-25H,3,8-9,14-17H2,1-2H3,(H,29,34)(H,31,32)/t18?,19?,25-/m1/s1. The van der Waals surface area contributed by atoms with Crippen LogP contribution < -0.4 is 5.32 Å². The Morgan fingerprint density at radius 1 is 1.09 bits per heavy atom. The third-order valence-electron chi connectivity index (χ3n) is 7.41. The number of fused-ring (bicyclic) bond motifs is 3. The molecule has 1 fully saturated rings. The molecule has 2 aliphatic rings. The molecule has 3 atom stereocenters. The van der Waals surface area contributed by atoms with Crippen molar-refractivity contribution in [2.24, 2.45) is 11.8 Å². The van der Waals surface area contributed by atoms with Crippen molar-refractivity contribution in [2.75, 3.05) is 19.7 Å². The second kappa shape index (κ2) is 10.9. The first-order valence-electron chi connectivity index (χ1n) is 12.5. The highest BCUT2D eigenvalue weighted by molar-refractivity contribution is 5.86. The number of carboxylic acids is 1. The number of alkyl carbamates (subject to hydrolysis) is 1. The molecule has 2 aromatic carbocycles. The van der Waals surface area contributed by atoms with E-state index < -0.39 is 18.1 Å². The Hall–Kier alpha value is -3.35. The minimum absolute atomic E-state index is 0.00160. The van der Waals surface area contributed by atoms with E-state index in [1.807, 2.05) is 38.1 Å². The van der Waals surface area contributed by atoms with Crippen LogP contribution in [0.3, 0.4) is 0 Å². The average molecular weight is 479 g/mol. The maximum atomic E-state index is 13.2. The van der Waals surface area contributed by atoms with Gasteiger partial charge in [-0.2, -0.15) is 0 Å². The van der Waals surface area contributed by atoms with Crippen LogP contribution in [0.25, 0.3) is 11.1 Å². The molecule has 7 nitrogen and oxygen atoms in total. The van der Waals surface area contributed by atoms with E-state index in [0.717, 1.165) is 35.1 Å². The smallest absolute Gasteiger partial charge is 0.407 e. The van der Waals surface area contributed by atoms with Crippen LogP contribution in [0, 0.1) is 11.8 Å². The lowest BCUT2D eigenvalue weighted by Gasteiger charge is -2.37. The molecule has 0 bridgehead atoms. The molecule has 4 rings (SSSR count). The molecule has 1 aliphatic heterocycles. The van der Waals surface area contributed by atoms with Crippen molar-refractivity contribution in [1.82, 2.24) is 10.2 Å². The molecule has 2 amide bonds. The zero-order valence-corrected chi connectivity index (χ0v) is 20.4. The molecule has 2 N–H and O–H groups in total. The predicted octanol–water partition coefficient (Wildman–Crippen LogP) is 4.65. The Kier molecular flexibility index (Phi) is 7.73. The van der Waals surface area contributed by atoms with Crippen LogP contribution in [-0.2, 0) is 14.3 Å². The predicted molar refractivity (Wildman–Crippen MR) is 133 cm³/mol. The van der Waals surface area contributed by atoms with E-state index in [9.17, 15) is 14.4 Å². The van der Waals surface area contributed by atoms with Crippen molar-refractivity contribution in [3.8, 4) is 11.1 Å². The summed E-state index contributed by atoms with van der Waals surface area (Å²) in [5.41, 5.74) is 4.60. The number of nitrogens with zero attached hydrogens (tertiary/aromatic N) is 1. The first-order valence-corrected chi connectivity index (χ1v) is 12.5. The molecule has 186 valence electrons. The summed E-state index contributed by atoms with van der Waals surface area (Å²) in [5.74, 6) is -0.839. The van der Waals surface area contributed by atoms with Crippen LogP contribution in [-0.4, -0.2) is 53.7 Å². The van der Waals surface area contributed by atoms with Gasteiger partial charge in [-0.15, -0.1) is 0 Å². The third kappa shape index (κ3) is 5.50. The topological polar surface area (TPSA) is 95.9 Å². The van der Waals surface area contributed by atoms with Crippen molar-refractivity contribution >= 4 is 18.0 Å². The summed E-state index contributed by atoms with van der Waals surface area (Å²) in [6, 6.07) is 15.6. The number of hydrogen-bond donors (Lipinski definition) is 2. The summed E-state index contributed by atoms with van der Waals surface area (Å²) in [7, 11) is 0. The normalized spacial score (nSPS) is 18.8. The van der Waals surface area contributed by atoms with Crippen molar-refractivity contribution < 1.29 is 24.2 Å². The van der Waals surface area contributed by atoms with Crippen LogP contribution in [0.5, 0.6) is 0 Å². The maximum Gasteiger partial charge on any atom is 0.407 e. The number of carboxylic acid groups (broad SMARTS) is 1. The number of piperidine rings is 1. The van der Waals surface area contributed by atoms with Gasteiger partial charge < -0.3 is 20.1 Å². The van der Waals surface area contributed by atoms with Gasteiger partial charge in [0.25, 0.3) is 0 Å². The summed E-state index contributed by atoms with van der Waals surface area (Å²) in [5, 5.41) is 11.9. The molecular weight excluding hydrogens is 444 g/mol. The fraction of sp³-hybridized carbons (Fsp3) is 0.464. The highest BCUT2D eigenvalue weighted by Crippen LogP contribution is 2.44. The van der Waals surface area contributed by atoms with Gasteiger partial charge in [-0.1, -0.05) is 62.4 Å². The van der Waals surface area contributed by atoms with E-state index in [0.29, 0.717) is 19.5 Å². The van der Waals surface area contributed by atoms with Crippen LogP contribution in [0.1, 0.15) is 56.6 Å². The van der Waals surface area contributed by atoms with E-state index in [1.165, 1.54) is 0 Å². The van der Waals surface area contributed by atoms with Gasteiger partial charge in [0.1, 0.15) is 12.6 Å². The Bertz CT molecular complexity index is 1040. The molecule has 1 heterocycles. The van der Waals surface area contributed by atoms with Crippen molar-refractivity contribution in [2.45, 2.75) is 51.5 Å². The fourth-order valence-electron chi connectivity index (χ4n) is 5.46. The van der Waals surface area contributed by atoms with E-state index in [1.54, 1.807) is 4.90 Å². The SMILES string of the molecule is CC[C@@H](NC(=O)OCC1c2ccccc2-c2ccccc21)C(=O)N1CCCC(C(C)CC(=O)O)C1. The molecule has 7 heteroatoms. The van der Waals surface area contributed by atoms with E-state index in [4.69, 9.17) is 9.84 Å². The second-order valence-electron chi connectivity index (χ2n) is 9.69. The third-order valence-corrected chi connectivity index (χ3v) is 7.41. The second-order valence-corrected chi connectivity index (χ2v) is 9.69. The lowest BCUT2D eigenvalue weighted by Crippen LogP contribution is -2.51. The van der Waals surface area contributed by atoms with Crippen molar-refractivity contribution in [1.29, 1.82) is 0 Å². The molecule has 2 aromatic rings. The maximum absolute atomic E-state index is 13.2. The number of ether oxygens (including phenoxy) is 1. The molecule has 35 heavy (non-hydrogen) atoms. The Balaban J connectivity index is 1.35. The largest absolute Gasteiger partial charge is 0.481 e. The first-order chi connectivity index (χ1) is 16.9. The monoisotopic (exact) mass is 478 g/mol. The Labute approximate surface area is 206 Å². The number of likely N-dealkylation sites (tertiary alicyclic amines) is 1. The number of carbonyl (C=O) groups is 3.